The first kappa shape index (κ1) is 12.1. The molecule has 0 saturated carbocycles. The van der Waals surface area contributed by atoms with Gasteiger partial charge in [-0.15, -0.1) is 11.3 Å². The van der Waals surface area contributed by atoms with Gasteiger partial charge in [0.25, 0.3) is 0 Å². The normalized spacial score (nSPS) is 10.4. The highest BCUT2D eigenvalue weighted by molar-refractivity contribution is 9.11. The van der Waals surface area contributed by atoms with Crippen LogP contribution in [0.2, 0.25) is 10.0 Å². The lowest BCUT2D eigenvalue weighted by molar-refractivity contribution is 0.104. The Hall–Kier alpha value is -0.350. The average Bonchev–Trinajstić information content (AvgIpc) is 2.67. The number of carbonyl (C=O) groups is 1. The summed E-state index contributed by atoms with van der Waals surface area (Å²) in [5.74, 6) is -0.108. The van der Waals surface area contributed by atoms with Crippen LogP contribution in [0.3, 0.4) is 0 Å². The van der Waals surface area contributed by atoms with Crippen LogP contribution in [0.4, 0.5) is 0 Å². The molecule has 0 aliphatic rings. The molecule has 0 amide bonds. The lowest BCUT2D eigenvalue weighted by Gasteiger charge is -2.01. The summed E-state index contributed by atoms with van der Waals surface area (Å²) < 4.78 is 0.911. The second-order valence-electron chi connectivity index (χ2n) is 3.06. The van der Waals surface area contributed by atoms with Crippen molar-refractivity contribution in [2.24, 2.45) is 0 Å². The quantitative estimate of drug-likeness (QED) is 0.702. The smallest absolute Gasteiger partial charge is 0.204 e. The maximum atomic E-state index is 12.1. The van der Waals surface area contributed by atoms with Crippen molar-refractivity contribution >= 4 is 56.3 Å². The molecular formula is C11H5BrCl2OS. The molecule has 1 nitrogen and oxygen atoms in total. The predicted octanol–water partition coefficient (Wildman–Crippen LogP) is 5.05. The second-order valence-corrected chi connectivity index (χ2v) is 6.36. The van der Waals surface area contributed by atoms with Crippen molar-refractivity contribution in [1.82, 2.24) is 0 Å². The molecule has 5 heteroatoms. The van der Waals surface area contributed by atoms with Crippen molar-refractivity contribution in [1.29, 1.82) is 0 Å². The molecule has 0 bridgehead atoms. The van der Waals surface area contributed by atoms with Gasteiger partial charge < -0.3 is 0 Å². The molecule has 0 spiro atoms. The fourth-order valence-corrected chi connectivity index (χ4v) is 2.96. The van der Waals surface area contributed by atoms with Gasteiger partial charge in [-0.3, -0.25) is 4.79 Å². The third kappa shape index (κ3) is 2.48. The molecule has 0 saturated heterocycles. The van der Waals surface area contributed by atoms with E-state index in [2.05, 4.69) is 15.9 Å². The first-order valence-corrected chi connectivity index (χ1v) is 6.69. The number of hydrogen-bond acceptors (Lipinski definition) is 2. The molecule has 0 aliphatic heterocycles. The first-order valence-electron chi connectivity index (χ1n) is 4.33. The predicted molar refractivity (Wildman–Crippen MR) is 71.9 cm³/mol. The number of benzene rings is 1. The third-order valence-corrected chi connectivity index (χ3v) is 4.16. The molecule has 1 aromatic carbocycles. The Labute approximate surface area is 115 Å². The van der Waals surface area contributed by atoms with E-state index in [0.717, 1.165) is 3.79 Å². The zero-order valence-electron chi connectivity index (χ0n) is 7.84. The van der Waals surface area contributed by atoms with Gasteiger partial charge in [-0.1, -0.05) is 23.2 Å². The SMILES string of the molecule is O=C(c1ccc(Br)s1)c1cc(Cl)ccc1Cl. The zero-order chi connectivity index (χ0) is 11.7. The Morgan fingerprint density at radius 1 is 1.19 bits per heavy atom. The van der Waals surface area contributed by atoms with Crippen LogP contribution in [0.5, 0.6) is 0 Å². The average molecular weight is 336 g/mol. The summed E-state index contributed by atoms with van der Waals surface area (Å²) in [6.45, 7) is 0. The second kappa shape index (κ2) is 4.88. The van der Waals surface area contributed by atoms with Crippen molar-refractivity contribution in [3.05, 3.63) is 54.6 Å². The van der Waals surface area contributed by atoms with E-state index < -0.39 is 0 Å². The summed E-state index contributed by atoms with van der Waals surface area (Å²) in [6.07, 6.45) is 0. The van der Waals surface area contributed by atoms with Crippen molar-refractivity contribution in [3.8, 4) is 0 Å². The van der Waals surface area contributed by atoms with Crippen molar-refractivity contribution in [2.45, 2.75) is 0 Å². The molecule has 1 heterocycles. The Balaban J connectivity index is 2.45. The van der Waals surface area contributed by atoms with Crippen LogP contribution in [-0.4, -0.2) is 5.78 Å². The van der Waals surface area contributed by atoms with Gasteiger partial charge in [-0.2, -0.15) is 0 Å². The lowest BCUT2D eigenvalue weighted by atomic mass is 10.1. The van der Waals surface area contributed by atoms with Gasteiger partial charge >= 0.3 is 0 Å². The number of ketones is 1. The Kier molecular flexibility index (Phi) is 3.70. The standard InChI is InChI=1S/C11H5BrCl2OS/c12-10-4-3-9(16-10)11(15)7-5-6(13)1-2-8(7)14/h1-5H. The maximum Gasteiger partial charge on any atom is 0.204 e. The minimum Gasteiger partial charge on any atom is -0.288 e. The van der Waals surface area contributed by atoms with Crippen LogP contribution in [0, 0.1) is 0 Å². The molecule has 16 heavy (non-hydrogen) atoms. The zero-order valence-corrected chi connectivity index (χ0v) is 11.8. The van der Waals surface area contributed by atoms with Crippen molar-refractivity contribution in [2.75, 3.05) is 0 Å². The van der Waals surface area contributed by atoms with Gasteiger partial charge in [0.15, 0.2) is 0 Å². The minimum atomic E-state index is -0.108. The number of hydrogen-bond donors (Lipinski definition) is 0. The molecule has 0 atom stereocenters. The molecule has 0 fully saturated rings. The fraction of sp³-hybridized carbons (Fsp3) is 0. The number of thiophene rings is 1. The molecule has 2 aromatic rings. The van der Waals surface area contributed by atoms with E-state index >= 15 is 0 Å². The Morgan fingerprint density at radius 3 is 2.56 bits per heavy atom. The largest absolute Gasteiger partial charge is 0.288 e. The molecule has 82 valence electrons. The van der Waals surface area contributed by atoms with Gasteiger partial charge in [0, 0.05) is 10.6 Å². The van der Waals surface area contributed by atoms with Crippen LogP contribution < -0.4 is 0 Å². The fourth-order valence-electron chi connectivity index (χ4n) is 1.24. The van der Waals surface area contributed by atoms with Crippen molar-refractivity contribution < 1.29 is 4.79 Å². The van der Waals surface area contributed by atoms with E-state index in [1.54, 1.807) is 24.3 Å². The van der Waals surface area contributed by atoms with E-state index in [1.807, 2.05) is 6.07 Å². The van der Waals surface area contributed by atoms with Crippen LogP contribution in [0.1, 0.15) is 15.2 Å². The van der Waals surface area contributed by atoms with Crippen molar-refractivity contribution in [3.63, 3.8) is 0 Å². The van der Waals surface area contributed by atoms with E-state index in [4.69, 9.17) is 23.2 Å². The Morgan fingerprint density at radius 2 is 1.94 bits per heavy atom. The van der Waals surface area contributed by atoms with Gasteiger partial charge in [0.05, 0.1) is 13.7 Å². The summed E-state index contributed by atoms with van der Waals surface area (Å²) >= 11 is 16.5. The summed E-state index contributed by atoms with van der Waals surface area (Å²) in [5, 5.41) is 0.919. The van der Waals surface area contributed by atoms with E-state index in [-0.39, 0.29) is 5.78 Å². The topological polar surface area (TPSA) is 17.1 Å². The van der Waals surface area contributed by atoms with E-state index in [1.165, 1.54) is 11.3 Å². The van der Waals surface area contributed by atoms with E-state index in [9.17, 15) is 4.79 Å². The van der Waals surface area contributed by atoms with Gasteiger partial charge in [-0.05, 0) is 46.3 Å². The Bertz CT molecular complexity index is 551. The molecule has 0 radical (unpaired) electrons. The summed E-state index contributed by atoms with van der Waals surface area (Å²) in [7, 11) is 0. The van der Waals surface area contributed by atoms with Gasteiger partial charge in [0.1, 0.15) is 0 Å². The highest BCUT2D eigenvalue weighted by Crippen LogP contribution is 2.28. The first-order chi connectivity index (χ1) is 7.58. The summed E-state index contributed by atoms with van der Waals surface area (Å²) in [5.41, 5.74) is 0.434. The van der Waals surface area contributed by atoms with Crippen LogP contribution >= 0.6 is 50.5 Å². The molecule has 2 rings (SSSR count). The third-order valence-electron chi connectivity index (χ3n) is 1.97. The molecule has 1 aromatic heterocycles. The minimum absolute atomic E-state index is 0.108. The van der Waals surface area contributed by atoms with Gasteiger partial charge in [0.2, 0.25) is 5.78 Å². The van der Waals surface area contributed by atoms with Crippen LogP contribution in [0.15, 0.2) is 34.1 Å². The molecule has 0 N–H and O–H groups in total. The summed E-state index contributed by atoms with van der Waals surface area (Å²) in [6, 6.07) is 8.45. The van der Waals surface area contributed by atoms with E-state index in [0.29, 0.717) is 20.5 Å². The highest BCUT2D eigenvalue weighted by Gasteiger charge is 2.15. The lowest BCUT2D eigenvalue weighted by Crippen LogP contribution is -1.99. The summed E-state index contributed by atoms with van der Waals surface area (Å²) in [4.78, 5) is 12.7. The highest BCUT2D eigenvalue weighted by atomic mass is 79.9. The molecule has 0 aliphatic carbocycles. The molecule has 0 unspecified atom stereocenters. The monoisotopic (exact) mass is 334 g/mol. The van der Waals surface area contributed by atoms with Gasteiger partial charge in [-0.25, -0.2) is 0 Å². The maximum absolute atomic E-state index is 12.1. The van der Waals surface area contributed by atoms with Crippen LogP contribution in [-0.2, 0) is 0 Å². The molecular weight excluding hydrogens is 331 g/mol. The number of halogens is 3. The number of rotatable bonds is 2. The number of carbonyl (C=O) groups excluding carboxylic acids is 1. The van der Waals surface area contributed by atoms with Crippen LogP contribution in [0.25, 0.3) is 0 Å².